The lowest BCUT2D eigenvalue weighted by Crippen LogP contribution is -2.37. The second kappa shape index (κ2) is 7.44. The Bertz CT molecular complexity index is 416. The fourth-order valence-corrected chi connectivity index (χ4v) is 3.22. The number of nitrogens with zero attached hydrogens (tertiary/aromatic N) is 1. The van der Waals surface area contributed by atoms with Gasteiger partial charge in [-0.05, 0) is 50.3 Å². The minimum absolute atomic E-state index is 0.408. The molecule has 1 aromatic carbocycles. The van der Waals surface area contributed by atoms with E-state index in [1.807, 2.05) is 0 Å². The zero-order valence-electron chi connectivity index (χ0n) is 12.9. The van der Waals surface area contributed by atoms with E-state index in [2.05, 4.69) is 37.8 Å². The average molecular weight is 296 g/mol. The molecular weight excluding hydrogens is 270 g/mol. The van der Waals surface area contributed by atoms with Crippen LogP contribution in [0.1, 0.15) is 35.1 Å². The third-order valence-electron chi connectivity index (χ3n) is 4.19. The van der Waals surface area contributed by atoms with Gasteiger partial charge < -0.3 is 4.74 Å². The first-order chi connectivity index (χ1) is 9.60. The van der Waals surface area contributed by atoms with E-state index in [9.17, 15) is 0 Å². The van der Waals surface area contributed by atoms with E-state index < -0.39 is 0 Å². The number of alkyl halides is 1. The van der Waals surface area contributed by atoms with E-state index in [4.69, 9.17) is 16.3 Å². The topological polar surface area (TPSA) is 12.5 Å². The minimum Gasteiger partial charge on any atom is -0.377 e. The van der Waals surface area contributed by atoms with Crippen LogP contribution in [0.25, 0.3) is 0 Å². The molecular formula is C17H26ClNO. The Balaban J connectivity index is 1.90. The summed E-state index contributed by atoms with van der Waals surface area (Å²) in [5, 5.41) is 0. The highest BCUT2D eigenvalue weighted by atomic mass is 35.5. The highest BCUT2D eigenvalue weighted by Crippen LogP contribution is 2.21. The second-order valence-corrected chi connectivity index (χ2v) is 6.29. The number of rotatable bonds is 5. The van der Waals surface area contributed by atoms with Crippen molar-refractivity contribution in [3.63, 3.8) is 0 Å². The molecule has 0 atom stereocenters. The molecule has 1 fully saturated rings. The largest absolute Gasteiger partial charge is 0.377 e. The number of aryl methyl sites for hydroxylation is 3. The van der Waals surface area contributed by atoms with Crippen molar-refractivity contribution >= 4 is 11.6 Å². The zero-order chi connectivity index (χ0) is 14.5. The third kappa shape index (κ3) is 4.21. The van der Waals surface area contributed by atoms with Crippen molar-refractivity contribution in [2.75, 3.05) is 25.6 Å². The van der Waals surface area contributed by atoms with Crippen molar-refractivity contribution in [1.29, 1.82) is 0 Å². The van der Waals surface area contributed by atoms with E-state index >= 15 is 0 Å². The summed E-state index contributed by atoms with van der Waals surface area (Å²) < 4.78 is 5.74. The number of benzene rings is 1. The normalized spacial score (nSPS) is 17.6. The van der Waals surface area contributed by atoms with Crippen LogP contribution in [0, 0.1) is 20.8 Å². The highest BCUT2D eigenvalue weighted by Gasteiger charge is 2.20. The van der Waals surface area contributed by atoms with Gasteiger partial charge in [-0.1, -0.05) is 17.7 Å². The molecule has 1 aliphatic heterocycles. The molecule has 0 amide bonds. The predicted octanol–water partition coefficient (Wildman–Crippen LogP) is 3.83. The maximum absolute atomic E-state index is 5.74. The van der Waals surface area contributed by atoms with Crippen molar-refractivity contribution in [3.8, 4) is 0 Å². The molecule has 1 heterocycles. The average Bonchev–Trinajstić information content (AvgIpc) is 2.42. The van der Waals surface area contributed by atoms with E-state index in [0.717, 1.165) is 32.5 Å². The Hall–Kier alpha value is -0.570. The maximum atomic E-state index is 5.74. The van der Waals surface area contributed by atoms with Crippen molar-refractivity contribution in [3.05, 3.63) is 34.4 Å². The number of hydrogen-bond donors (Lipinski definition) is 0. The first-order valence-electron chi connectivity index (χ1n) is 7.57. The summed E-state index contributed by atoms with van der Waals surface area (Å²) in [6, 6.07) is 4.58. The molecule has 0 aliphatic carbocycles. The SMILES string of the molecule is Cc1cc(C)c(CN2CCC(OCCCl)CC2)c(C)c1. The fourth-order valence-electron chi connectivity index (χ4n) is 3.13. The molecule has 1 aliphatic rings. The first-order valence-corrected chi connectivity index (χ1v) is 8.10. The summed E-state index contributed by atoms with van der Waals surface area (Å²) in [6.45, 7) is 10.6. The smallest absolute Gasteiger partial charge is 0.0605 e. The van der Waals surface area contributed by atoms with Crippen molar-refractivity contribution < 1.29 is 4.74 Å². The Labute approximate surface area is 128 Å². The maximum Gasteiger partial charge on any atom is 0.0605 e. The molecule has 0 spiro atoms. The Morgan fingerprint density at radius 3 is 2.30 bits per heavy atom. The van der Waals surface area contributed by atoms with Crippen LogP contribution >= 0.6 is 11.6 Å². The monoisotopic (exact) mass is 295 g/mol. The molecule has 20 heavy (non-hydrogen) atoms. The van der Waals surface area contributed by atoms with Gasteiger partial charge in [0.05, 0.1) is 12.7 Å². The van der Waals surface area contributed by atoms with E-state index in [1.165, 1.54) is 22.3 Å². The van der Waals surface area contributed by atoms with Gasteiger partial charge in [0.1, 0.15) is 0 Å². The summed E-state index contributed by atoms with van der Waals surface area (Å²) >= 11 is 5.67. The molecule has 1 saturated heterocycles. The lowest BCUT2D eigenvalue weighted by molar-refractivity contribution is 0.0134. The Morgan fingerprint density at radius 2 is 1.75 bits per heavy atom. The van der Waals surface area contributed by atoms with Gasteiger partial charge in [0.2, 0.25) is 0 Å². The molecule has 0 N–H and O–H groups in total. The standard InChI is InChI=1S/C17H26ClNO/c1-13-10-14(2)17(15(3)11-13)12-19-7-4-16(5-8-19)20-9-6-18/h10-11,16H,4-9,12H2,1-3H3. The van der Waals surface area contributed by atoms with Crippen LogP contribution in [0.3, 0.4) is 0 Å². The molecule has 0 unspecified atom stereocenters. The molecule has 0 radical (unpaired) electrons. The quantitative estimate of drug-likeness (QED) is 0.766. The molecule has 112 valence electrons. The van der Waals surface area contributed by atoms with Crippen LogP contribution in [-0.4, -0.2) is 36.6 Å². The van der Waals surface area contributed by atoms with Crippen LogP contribution in [0.5, 0.6) is 0 Å². The lowest BCUT2D eigenvalue weighted by atomic mass is 9.98. The summed E-state index contributed by atoms with van der Waals surface area (Å²) in [6.07, 6.45) is 2.66. The van der Waals surface area contributed by atoms with Crippen LogP contribution in [0.15, 0.2) is 12.1 Å². The van der Waals surface area contributed by atoms with E-state index in [0.29, 0.717) is 18.6 Å². The van der Waals surface area contributed by atoms with E-state index in [1.54, 1.807) is 0 Å². The molecule has 3 heteroatoms. The third-order valence-corrected chi connectivity index (χ3v) is 4.34. The molecule has 0 saturated carbocycles. The summed E-state index contributed by atoms with van der Waals surface area (Å²) in [5.41, 5.74) is 5.69. The van der Waals surface area contributed by atoms with Crippen LogP contribution < -0.4 is 0 Å². The van der Waals surface area contributed by atoms with Crippen molar-refractivity contribution in [1.82, 2.24) is 4.90 Å². The van der Waals surface area contributed by atoms with Gasteiger partial charge in [0, 0.05) is 25.5 Å². The van der Waals surface area contributed by atoms with Gasteiger partial charge in [-0.15, -0.1) is 11.6 Å². The Kier molecular flexibility index (Phi) is 5.88. The predicted molar refractivity (Wildman–Crippen MR) is 85.6 cm³/mol. The number of piperidine rings is 1. The Morgan fingerprint density at radius 1 is 1.15 bits per heavy atom. The summed E-state index contributed by atoms with van der Waals surface area (Å²) in [7, 11) is 0. The van der Waals surface area contributed by atoms with Gasteiger partial charge in [-0.2, -0.15) is 0 Å². The number of ether oxygens (including phenoxy) is 1. The number of likely N-dealkylation sites (tertiary alicyclic amines) is 1. The van der Waals surface area contributed by atoms with Crippen LogP contribution in [0.4, 0.5) is 0 Å². The van der Waals surface area contributed by atoms with Gasteiger partial charge in [0.25, 0.3) is 0 Å². The minimum atomic E-state index is 0.408. The summed E-state index contributed by atoms with van der Waals surface area (Å²) in [5.74, 6) is 0.599. The van der Waals surface area contributed by atoms with Gasteiger partial charge >= 0.3 is 0 Å². The molecule has 0 aromatic heterocycles. The van der Waals surface area contributed by atoms with E-state index in [-0.39, 0.29) is 0 Å². The highest BCUT2D eigenvalue weighted by molar-refractivity contribution is 6.17. The molecule has 1 aromatic rings. The second-order valence-electron chi connectivity index (χ2n) is 5.91. The van der Waals surface area contributed by atoms with Gasteiger partial charge in [0.15, 0.2) is 0 Å². The number of halogens is 1. The van der Waals surface area contributed by atoms with Crippen LogP contribution in [-0.2, 0) is 11.3 Å². The van der Waals surface area contributed by atoms with Crippen molar-refractivity contribution in [2.45, 2.75) is 46.3 Å². The fraction of sp³-hybridized carbons (Fsp3) is 0.647. The van der Waals surface area contributed by atoms with Crippen molar-refractivity contribution in [2.24, 2.45) is 0 Å². The summed E-state index contributed by atoms with van der Waals surface area (Å²) in [4.78, 5) is 2.55. The van der Waals surface area contributed by atoms with Gasteiger partial charge in [-0.25, -0.2) is 0 Å². The molecule has 2 rings (SSSR count). The van der Waals surface area contributed by atoms with Gasteiger partial charge in [-0.3, -0.25) is 4.90 Å². The zero-order valence-corrected chi connectivity index (χ0v) is 13.7. The lowest BCUT2D eigenvalue weighted by Gasteiger charge is -2.32. The molecule has 2 nitrogen and oxygen atoms in total. The van der Waals surface area contributed by atoms with Crippen LogP contribution in [0.2, 0.25) is 0 Å². The first kappa shape index (κ1) is 15.8. The molecule has 0 bridgehead atoms. The number of hydrogen-bond acceptors (Lipinski definition) is 2.